The molecule has 0 saturated carbocycles. The van der Waals surface area contributed by atoms with Gasteiger partial charge in [0.1, 0.15) is 12.4 Å². The van der Waals surface area contributed by atoms with Crippen LogP contribution in [0.1, 0.15) is 15.9 Å². The number of hydrogen-bond donors (Lipinski definition) is 0. The Balaban J connectivity index is 1.46. The van der Waals surface area contributed by atoms with Crippen LogP contribution in [0.25, 0.3) is 6.08 Å². The average Bonchev–Trinajstić information content (AvgIpc) is 3.12. The molecule has 0 unspecified atom stereocenters. The Kier molecular flexibility index (Phi) is 7.74. The van der Waals surface area contributed by atoms with Crippen molar-refractivity contribution in [1.82, 2.24) is 4.90 Å². The van der Waals surface area contributed by atoms with E-state index in [-0.39, 0.29) is 29.0 Å². The Hall–Kier alpha value is -3.75. The van der Waals surface area contributed by atoms with Gasteiger partial charge in [-0.05, 0) is 71.9 Å². The number of carbonyl (C=O) groups is 3. The van der Waals surface area contributed by atoms with E-state index in [1.54, 1.807) is 60.7 Å². The molecule has 1 saturated heterocycles. The standard InChI is InChI=1S/C26H20ClNO6S/c1-32-21-12-7-17(15-22(21)34-25(30)18-8-10-19(27)11-9-18)16-23-24(29)28(26(31)35-23)13-14-33-20-5-3-2-4-6-20/h2-12,15-16H,13-14H2,1H3/b23-16-. The fourth-order valence-corrected chi connectivity index (χ4v) is 4.21. The number of thioether (sulfide) groups is 1. The third-order valence-corrected chi connectivity index (χ3v) is 6.13. The van der Waals surface area contributed by atoms with Crippen LogP contribution in [0, 0.1) is 0 Å². The van der Waals surface area contributed by atoms with Gasteiger partial charge in [-0.1, -0.05) is 35.9 Å². The smallest absolute Gasteiger partial charge is 0.343 e. The van der Waals surface area contributed by atoms with Gasteiger partial charge in [0.05, 0.1) is 24.1 Å². The van der Waals surface area contributed by atoms with Gasteiger partial charge >= 0.3 is 5.97 Å². The summed E-state index contributed by atoms with van der Waals surface area (Å²) in [6, 6.07) is 20.3. The first kappa shape index (κ1) is 24.4. The van der Waals surface area contributed by atoms with Gasteiger partial charge < -0.3 is 14.2 Å². The van der Waals surface area contributed by atoms with E-state index in [9.17, 15) is 14.4 Å². The van der Waals surface area contributed by atoms with Crippen LogP contribution in [-0.2, 0) is 4.79 Å². The lowest BCUT2D eigenvalue weighted by molar-refractivity contribution is -0.123. The number of esters is 1. The molecule has 1 aliphatic heterocycles. The van der Waals surface area contributed by atoms with Gasteiger partial charge in [0.15, 0.2) is 11.5 Å². The zero-order chi connectivity index (χ0) is 24.8. The summed E-state index contributed by atoms with van der Waals surface area (Å²) in [7, 11) is 1.46. The second kappa shape index (κ2) is 11.1. The van der Waals surface area contributed by atoms with E-state index < -0.39 is 11.9 Å². The molecule has 7 nitrogen and oxygen atoms in total. The number of carbonyl (C=O) groups excluding carboxylic acids is 3. The third kappa shape index (κ3) is 6.03. The molecule has 0 aliphatic carbocycles. The SMILES string of the molecule is COc1ccc(/C=C2\SC(=O)N(CCOc3ccccc3)C2=O)cc1OC(=O)c1ccc(Cl)cc1. The van der Waals surface area contributed by atoms with E-state index in [1.165, 1.54) is 7.11 Å². The zero-order valence-corrected chi connectivity index (χ0v) is 20.2. The average molecular weight is 510 g/mol. The van der Waals surface area contributed by atoms with Gasteiger partial charge in [0.2, 0.25) is 0 Å². The molecule has 3 aromatic rings. The monoisotopic (exact) mass is 509 g/mol. The minimum Gasteiger partial charge on any atom is -0.493 e. The number of hydrogen-bond acceptors (Lipinski definition) is 7. The molecule has 2 amide bonds. The molecule has 0 spiro atoms. The molecule has 35 heavy (non-hydrogen) atoms. The fourth-order valence-electron chi connectivity index (χ4n) is 3.22. The molecule has 1 aliphatic rings. The van der Waals surface area contributed by atoms with E-state index in [1.807, 2.05) is 18.2 Å². The largest absolute Gasteiger partial charge is 0.493 e. The maximum atomic E-state index is 12.8. The molecule has 4 rings (SSSR count). The number of amides is 2. The van der Waals surface area contributed by atoms with Gasteiger partial charge in [0, 0.05) is 5.02 Å². The highest BCUT2D eigenvalue weighted by Gasteiger charge is 2.34. The van der Waals surface area contributed by atoms with Crippen LogP contribution >= 0.6 is 23.4 Å². The molecule has 0 radical (unpaired) electrons. The van der Waals surface area contributed by atoms with Crippen LogP contribution in [0.4, 0.5) is 4.79 Å². The Morgan fingerprint density at radius 2 is 1.74 bits per heavy atom. The number of para-hydroxylation sites is 1. The summed E-state index contributed by atoms with van der Waals surface area (Å²) >= 11 is 6.71. The minimum atomic E-state index is -0.587. The Bertz CT molecular complexity index is 1280. The molecule has 0 atom stereocenters. The third-order valence-electron chi connectivity index (χ3n) is 4.97. The van der Waals surface area contributed by atoms with Crippen molar-refractivity contribution in [2.24, 2.45) is 0 Å². The number of nitrogens with zero attached hydrogens (tertiary/aromatic N) is 1. The summed E-state index contributed by atoms with van der Waals surface area (Å²) in [4.78, 5) is 39.1. The Labute approximate surface area is 211 Å². The molecule has 1 fully saturated rings. The van der Waals surface area contributed by atoms with Crippen LogP contribution in [0.2, 0.25) is 5.02 Å². The molecule has 9 heteroatoms. The number of ether oxygens (including phenoxy) is 3. The molecular formula is C26H20ClNO6S. The van der Waals surface area contributed by atoms with Crippen LogP contribution in [0.5, 0.6) is 17.2 Å². The highest BCUT2D eigenvalue weighted by molar-refractivity contribution is 8.18. The predicted octanol–water partition coefficient (Wildman–Crippen LogP) is 5.68. The second-order valence-corrected chi connectivity index (χ2v) is 8.73. The molecule has 1 heterocycles. The van der Waals surface area contributed by atoms with Crippen molar-refractivity contribution in [2.45, 2.75) is 0 Å². The van der Waals surface area contributed by atoms with Crippen LogP contribution in [0.15, 0.2) is 77.7 Å². The predicted molar refractivity (Wildman–Crippen MR) is 134 cm³/mol. The van der Waals surface area contributed by atoms with Crippen LogP contribution in [0.3, 0.4) is 0 Å². The van der Waals surface area contributed by atoms with Crippen molar-refractivity contribution in [3.8, 4) is 17.2 Å². The highest BCUT2D eigenvalue weighted by Crippen LogP contribution is 2.34. The summed E-state index contributed by atoms with van der Waals surface area (Å²) in [5.74, 6) is 0.185. The van der Waals surface area contributed by atoms with Gasteiger partial charge in [-0.15, -0.1) is 0 Å². The molecule has 0 N–H and O–H groups in total. The Morgan fingerprint density at radius 1 is 1.00 bits per heavy atom. The van der Waals surface area contributed by atoms with E-state index in [0.29, 0.717) is 27.6 Å². The van der Waals surface area contributed by atoms with Gasteiger partial charge in [0.25, 0.3) is 11.1 Å². The quantitative estimate of drug-likeness (QED) is 0.219. The summed E-state index contributed by atoms with van der Waals surface area (Å²) in [6.07, 6.45) is 1.57. The first-order chi connectivity index (χ1) is 16.9. The van der Waals surface area contributed by atoms with Crippen molar-refractivity contribution < 1.29 is 28.6 Å². The highest BCUT2D eigenvalue weighted by atomic mass is 35.5. The van der Waals surface area contributed by atoms with Gasteiger partial charge in [-0.2, -0.15) is 0 Å². The first-order valence-corrected chi connectivity index (χ1v) is 11.7. The van der Waals surface area contributed by atoms with Crippen LogP contribution in [-0.4, -0.2) is 42.3 Å². The lowest BCUT2D eigenvalue weighted by Crippen LogP contribution is -2.32. The lowest BCUT2D eigenvalue weighted by Gasteiger charge is -2.13. The van der Waals surface area contributed by atoms with E-state index in [0.717, 1.165) is 16.7 Å². The van der Waals surface area contributed by atoms with E-state index >= 15 is 0 Å². The number of rotatable bonds is 8. The summed E-state index contributed by atoms with van der Waals surface area (Å²) < 4.78 is 16.4. The maximum Gasteiger partial charge on any atom is 0.343 e. The first-order valence-electron chi connectivity index (χ1n) is 10.5. The minimum absolute atomic E-state index is 0.128. The van der Waals surface area contributed by atoms with Crippen molar-refractivity contribution in [3.05, 3.63) is 93.9 Å². The molecule has 0 aromatic heterocycles. The molecule has 3 aromatic carbocycles. The number of halogens is 1. The summed E-state index contributed by atoms with van der Waals surface area (Å²) in [6.45, 7) is 0.312. The lowest BCUT2D eigenvalue weighted by atomic mass is 10.1. The fraction of sp³-hybridized carbons (Fsp3) is 0.115. The number of benzene rings is 3. The van der Waals surface area contributed by atoms with E-state index in [2.05, 4.69) is 0 Å². The molecule has 0 bridgehead atoms. The Morgan fingerprint density at radius 3 is 2.46 bits per heavy atom. The van der Waals surface area contributed by atoms with Crippen LogP contribution < -0.4 is 14.2 Å². The van der Waals surface area contributed by atoms with Crippen molar-refractivity contribution in [2.75, 3.05) is 20.3 Å². The maximum absolute atomic E-state index is 12.8. The van der Waals surface area contributed by atoms with Crippen molar-refractivity contribution in [3.63, 3.8) is 0 Å². The second-order valence-electron chi connectivity index (χ2n) is 7.30. The van der Waals surface area contributed by atoms with Crippen molar-refractivity contribution in [1.29, 1.82) is 0 Å². The van der Waals surface area contributed by atoms with E-state index in [4.69, 9.17) is 25.8 Å². The molecular weight excluding hydrogens is 490 g/mol. The number of methoxy groups -OCH3 is 1. The van der Waals surface area contributed by atoms with Crippen molar-refractivity contribution >= 4 is 46.6 Å². The normalized spacial score (nSPS) is 14.3. The topological polar surface area (TPSA) is 82.1 Å². The zero-order valence-electron chi connectivity index (χ0n) is 18.6. The molecule has 178 valence electrons. The summed E-state index contributed by atoms with van der Waals surface area (Å²) in [5, 5.41) is 0.127. The number of imide groups is 1. The van der Waals surface area contributed by atoms with Gasteiger partial charge in [-0.25, -0.2) is 4.79 Å². The van der Waals surface area contributed by atoms with Gasteiger partial charge in [-0.3, -0.25) is 14.5 Å². The summed E-state index contributed by atoms with van der Waals surface area (Å²) in [5.41, 5.74) is 0.886.